The minimum Gasteiger partial charge on any atom is -0.310 e. The predicted molar refractivity (Wildman–Crippen MR) is 237 cm³/mol. The molecule has 0 N–H and O–H groups in total. The van der Waals surface area contributed by atoms with Gasteiger partial charge in [0.05, 0.1) is 5.41 Å². The Morgan fingerprint density at radius 1 is 0.393 bits per heavy atom. The summed E-state index contributed by atoms with van der Waals surface area (Å²) in [5.74, 6) is 0. The van der Waals surface area contributed by atoms with E-state index in [-0.39, 0.29) is 0 Å². The van der Waals surface area contributed by atoms with Crippen LogP contribution in [0.4, 0.5) is 17.1 Å². The molecular formula is C55H39N. The lowest BCUT2D eigenvalue weighted by atomic mass is 9.65. The van der Waals surface area contributed by atoms with Crippen molar-refractivity contribution < 1.29 is 0 Å². The Bertz CT molecular complexity index is 2920. The fraction of sp³-hybridized carbons (Fsp3) is 0.0545. The molecule has 0 aromatic heterocycles. The van der Waals surface area contributed by atoms with Crippen LogP contribution in [0.15, 0.2) is 218 Å². The molecule has 9 aromatic rings. The van der Waals surface area contributed by atoms with Crippen molar-refractivity contribution in [1.82, 2.24) is 0 Å². The van der Waals surface area contributed by atoms with Crippen LogP contribution in [0.1, 0.15) is 35.1 Å². The number of anilines is 3. The van der Waals surface area contributed by atoms with Crippen LogP contribution in [0.3, 0.4) is 0 Å². The molecule has 56 heavy (non-hydrogen) atoms. The summed E-state index contributed by atoms with van der Waals surface area (Å²) in [4.78, 5) is 2.46. The molecule has 2 aliphatic carbocycles. The average molecular weight is 714 g/mol. The standard InChI is InChI=1S/C55H39N/c1-4-16-38(17-5-1)39-28-30-42(31-29-39)56(43-32-34-49-47-24-11-10-22-45(47)46-23-12-13-25-48(46)52(49)36-43)44-33-35-51-50-26-14-15-27-53(50)55(54(51)37-44,40-18-6-2-7-19-40)41-20-8-3-9-21-41/h1-14,16-26,28-37H,15,27H2. The van der Waals surface area contributed by atoms with E-state index in [1.807, 2.05) is 0 Å². The lowest BCUT2D eigenvalue weighted by Gasteiger charge is -2.37. The molecule has 0 saturated carbocycles. The first-order chi connectivity index (χ1) is 27.8. The minimum atomic E-state index is -0.407. The predicted octanol–water partition coefficient (Wildman–Crippen LogP) is 14.7. The fourth-order valence-electron chi connectivity index (χ4n) is 9.80. The van der Waals surface area contributed by atoms with Crippen molar-refractivity contribution in [2.24, 2.45) is 0 Å². The van der Waals surface area contributed by atoms with Crippen LogP contribution in [-0.2, 0) is 5.41 Å². The van der Waals surface area contributed by atoms with Crippen LogP contribution >= 0.6 is 0 Å². The molecule has 0 saturated heterocycles. The highest BCUT2D eigenvalue weighted by Gasteiger charge is 2.47. The average Bonchev–Trinajstić information content (AvgIpc) is 3.58. The molecule has 0 atom stereocenters. The van der Waals surface area contributed by atoms with E-state index in [0.717, 1.165) is 29.9 Å². The van der Waals surface area contributed by atoms with Gasteiger partial charge in [0.1, 0.15) is 0 Å². The number of rotatable bonds is 6. The Labute approximate surface area is 328 Å². The molecule has 0 unspecified atom stereocenters. The summed E-state index contributed by atoms with van der Waals surface area (Å²) in [5.41, 5.74) is 13.6. The van der Waals surface area contributed by atoms with Crippen molar-refractivity contribution in [1.29, 1.82) is 0 Å². The lowest BCUT2D eigenvalue weighted by molar-refractivity contribution is 0.696. The van der Waals surface area contributed by atoms with E-state index in [1.165, 1.54) is 76.8 Å². The molecule has 0 aliphatic heterocycles. The smallest absolute Gasteiger partial charge is 0.0677 e. The summed E-state index contributed by atoms with van der Waals surface area (Å²) in [6.45, 7) is 0. The van der Waals surface area contributed by atoms with Crippen LogP contribution < -0.4 is 4.90 Å². The summed E-state index contributed by atoms with van der Waals surface area (Å²) in [7, 11) is 0. The molecular weight excluding hydrogens is 675 g/mol. The Morgan fingerprint density at radius 3 is 1.50 bits per heavy atom. The van der Waals surface area contributed by atoms with Crippen molar-refractivity contribution >= 4 is 55.0 Å². The first-order valence-electron chi connectivity index (χ1n) is 19.7. The molecule has 0 heterocycles. The van der Waals surface area contributed by atoms with Crippen LogP contribution in [0.5, 0.6) is 0 Å². The summed E-state index contributed by atoms with van der Waals surface area (Å²) < 4.78 is 0. The Hall–Kier alpha value is -6.96. The third-order valence-electron chi connectivity index (χ3n) is 12.2. The van der Waals surface area contributed by atoms with E-state index in [9.17, 15) is 0 Å². The maximum Gasteiger partial charge on any atom is 0.0677 e. The highest BCUT2D eigenvalue weighted by molar-refractivity contribution is 6.25. The fourth-order valence-corrected chi connectivity index (χ4v) is 9.80. The van der Waals surface area contributed by atoms with Gasteiger partial charge in [-0.1, -0.05) is 176 Å². The van der Waals surface area contributed by atoms with E-state index in [0.29, 0.717) is 0 Å². The first-order valence-corrected chi connectivity index (χ1v) is 19.7. The van der Waals surface area contributed by atoms with Crippen molar-refractivity contribution in [3.63, 3.8) is 0 Å². The maximum absolute atomic E-state index is 2.50. The zero-order valence-electron chi connectivity index (χ0n) is 31.1. The van der Waals surface area contributed by atoms with Crippen LogP contribution in [0.25, 0.3) is 49.0 Å². The Balaban J connectivity index is 1.17. The van der Waals surface area contributed by atoms with Gasteiger partial charge in [0.2, 0.25) is 0 Å². The van der Waals surface area contributed by atoms with E-state index >= 15 is 0 Å². The number of allylic oxidation sites excluding steroid dienone is 4. The molecule has 0 fully saturated rings. The van der Waals surface area contributed by atoms with Crippen LogP contribution in [-0.4, -0.2) is 0 Å². The van der Waals surface area contributed by atoms with E-state index in [2.05, 4.69) is 217 Å². The number of benzene rings is 9. The van der Waals surface area contributed by atoms with Gasteiger partial charge in [0.15, 0.2) is 0 Å². The molecule has 11 rings (SSSR count). The molecule has 0 radical (unpaired) electrons. The van der Waals surface area contributed by atoms with Crippen molar-refractivity contribution in [2.45, 2.75) is 18.3 Å². The highest BCUT2D eigenvalue weighted by Crippen LogP contribution is 2.58. The molecule has 0 bridgehead atoms. The van der Waals surface area contributed by atoms with Crippen LogP contribution in [0, 0.1) is 0 Å². The second-order valence-corrected chi connectivity index (χ2v) is 15.1. The SMILES string of the molecule is C1=CC2=C(CC1)C(c1ccccc1)(c1ccccc1)c1cc(N(c3ccc(-c4ccccc4)cc3)c3ccc4c5ccccc5c5ccccc5c4c3)ccc12. The third kappa shape index (κ3) is 4.94. The van der Waals surface area contributed by atoms with E-state index in [1.54, 1.807) is 0 Å². The first kappa shape index (κ1) is 32.5. The number of hydrogen-bond acceptors (Lipinski definition) is 1. The second kappa shape index (κ2) is 13.1. The minimum absolute atomic E-state index is 0.407. The normalized spacial score (nSPS) is 14.3. The highest BCUT2D eigenvalue weighted by atomic mass is 15.1. The Kier molecular flexibility index (Phi) is 7.60. The third-order valence-corrected chi connectivity index (χ3v) is 12.2. The molecule has 0 amide bonds. The van der Waals surface area contributed by atoms with Gasteiger partial charge in [-0.15, -0.1) is 0 Å². The van der Waals surface area contributed by atoms with Gasteiger partial charge in [-0.2, -0.15) is 0 Å². The molecule has 2 aliphatic rings. The van der Waals surface area contributed by atoms with E-state index in [4.69, 9.17) is 0 Å². The summed E-state index contributed by atoms with van der Waals surface area (Å²) in [6, 6.07) is 74.1. The molecule has 1 nitrogen and oxygen atoms in total. The lowest BCUT2D eigenvalue weighted by Crippen LogP contribution is -2.30. The zero-order chi connectivity index (χ0) is 37.1. The van der Waals surface area contributed by atoms with Crippen molar-refractivity contribution in [3.8, 4) is 11.1 Å². The van der Waals surface area contributed by atoms with Crippen molar-refractivity contribution in [2.75, 3.05) is 4.90 Å². The molecule has 264 valence electrons. The van der Waals surface area contributed by atoms with Gasteiger partial charge in [-0.05, 0) is 126 Å². The second-order valence-electron chi connectivity index (χ2n) is 15.1. The molecule has 9 aromatic carbocycles. The quantitative estimate of drug-likeness (QED) is 0.155. The zero-order valence-corrected chi connectivity index (χ0v) is 31.1. The maximum atomic E-state index is 2.50. The van der Waals surface area contributed by atoms with Gasteiger partial charge >= 0.3 is 0 Å². The summed E-state index contributed by atoms with van der Waals surface area (Å²) in [5, 5.41) is 7.65. The van der Waals surface area contributed by atoms with Gasteiger partial charge in [0.25, 0.3) is 0 Å². The molecule has 1 heteroatoms. The van der Waals surface area contributed by atoms with Crippen molar-refractivity contribution in [3.05, 3.63) is 240 Å². The van der Waals surface area contributed by atoms with Gasteiger partial charge < -0.3 is 4.90 Å². The summed E-state index contributed by atoms with van der Waals surface area (Å²) in [6.07, 6.45) is 6.80. The largest absolute Gasteiger partial charge is 0.310 e. The number of nitrogens with zero attached hydrogens (tertiary/aromatic N) is 1. The number of hydrogen-bond donors (Lipinski definition) is 0. The van der Waals surface area contributed by atoms with Gasteiger partial charge in [-0.25, -0.2) is 0 Å². The number of fused-ring (bicyclic) bond motifs is 8. The van der Waals surface area contributed by atoms with Crippen LogP contribution in [0.2, 0.25) is 0 Å². The topological polar surface area (TPSA) is 3.24 Å². The monoisotopic (exact) mass is 713 g/mol. The van der Waals surface area contributed by atoms with Gasteiger partial charge in [0, 0.05) is 17.1 Å². The Morgan fingerprint density at radius 2 is 0.875 bits per heavy atom. The van der Waals surface area contributed by atoms with E-state index < -0.39 is 5.41 Å². The molecule has 0 spiro atoms. The summed E-state index contributed by atoms with van der Waals surface area (Å²) >= 11 is 0. The van der Waals surface area contributed by atoms with Gasteiger partial charge in [-0.3, -0.25) is 0 Å².